The van der Waals surface area contributed by atoms with Crippen molar-refractivity contribution in [3.05, 3.63) is 53.4 Å². The van der Waals surface area contributed by atoms with Crippen LogP contribution in [0.1, 0.15) is 37.3 Å². The van der Waals surface area contributed by atoms with Crippen LogP contribution in [-0.4, -0.2) is 33.6 Å². The Balaban J connectivity index is 1.85. The molecule has 24 heavy (non-hydrogen) atoms. The number of primary amides is 1. The standard InChI is InChI=1S/C18H20ClN3O2/c19-15-6-4-13(17(20)23)3-5-14(15)18(24)22-11-1-2-16(22)12-7-9-21-10-8-12/h3,5,7-10,15-16H,1-2,4,6,11H2,(H2,20,23). The highest BCUT2D eigenvalue weighted by molar-refractivity contribution is 6.25. The van der Waals surface area contributed by atoms with Crippen molar-refractivity contribution in [1.29, 1.82) is 0 Å². The van der Waals surface area contributed by atoms with Gasteiger partial charge in [0.05, 0.1) is 11.4 Å². The molecule has 1 aromatic heterocycles. The number of carbonyl (C=O) groups excluding carboxylic acids is 2. The van der Waals surface area contributed by atoms with E-state index in [4.69, 9.17) is 17.3 Å². The number of pyridine rings is 1. The first-order chi connectivity index (χ1) is 11.6. The van der Waals surface area contributed by atoms with Crippen LogP contribution in [0.2, 0.25) is 0 Å². The van der Waals surface area contributed by atoms with Crippen molar-refractivity contribution < 1.29 is 9.59 Å². The van der Waals surface area contributed by atoms with Crippen LogP contribution in [0.3, 0.4) is 0 Å². The molecular formula is C18H20ClN3O2. The molecule has 126 valence electrons. The molecule has 5 nitrogen and oxygen atoms in total. The lowest BCUT2D eigenvalue weighted by atomic mass is 10.0. The highest BCUT2D eigenvalue weighted by atomic mass is 35.5. The van der Waals surface area contributed by atoms with E-state index in [2.05, 4.69) is 4.98 Å². The van der Waals surface area contributed by atoms with Crippen LogP contribution in [0.15, 0.2) is 47.8 Å². The Morgan fingerprint density at radius 1 is 1.21 bits per heavy atom. The van der Waals surface area contributed by atoms with Crippen molar-refractivity contribution in [1.82, 2.24) is 9.88 Å². The number of nitrogens with two attached hydrogens (primary N) is 1. The van der Waals surface area contributed by atoms with E-state index in [0.717, 1.165) is 18.4 Å². The van der Waals surface area contributed by atoms with E-state index in [9.17, 15) is 9.59 Å². The zero-order valence-electron chi connectivity index (χ0n) is 13.3. The van der Waals surface area contributed by atoms with Crippen molar-refractivity contribution in [3.63, 3.8) is 0 Å². The fourth-order valence-electron chi connectivity index (χ4n) is 3.33. The molecule has 0 saturated carbocycles. The minimum absolute atomic E-state index is 0.0492. The third-order valence-corrected chi connectivity index (χ3v) is 5.09. The van der Waals surface area contributed by atoms with Crippen molar-refractivity contribution in [3.8, 4) is 0 Å². The van der Waals surface area contributed by atoms with Crippen LogP contribution >= 0.6 is 11.6 Å². The smallest absolute Gasteiger partial charge is 0.251 e. The molecule has 0 spiro atoms. The second kappa shape index (κ2) is 7.18. The monoisotopic (exact) mass is 345 g/mol. The summed E-state index contributed by atoms with van der Waals surface area (Å²) in [5, 5.41) is -0.413. The minimum Gasteiger partial charge on any atom is -0.366 e. The molecule has 2 amide bonds. The first-order valence-corrected chi connectivity index (χ1v) is 8.57. The molecule has 6 heteroatoms. The van der Waals surface area contributed by atoms with E-state index in [-0.39, 0.29) is 11.9 Å². The second-order valence-electron chi connectivity index (χ2n) is 6.12. The SMILES string of the molecule is NC(=O)C1=CC=C(C(=O)N2CCCC2c2ccncc2)C(Cl)CC1. The molecule has 1 aliphatic carbocycles. The summed E-state index contributed by atoms with van der Waals surface area (Å²) in [6.45, 7) is 0.708. The third-order valence-electron chi connectivity index (χ3n) is 4.64. The lowest BCUT2D eigenvalue weighted by molar-refractivity contribution is -0.128. The summed E-state index contributed by atoms with van der Waals surface area (Å²) in [5.74, 6) is -0.518. The fraction of sp³-hybridized carbons (Fsp3) is 0.389. The Bertz CT molecular complexity index is 699. The number of nitrogens with zero attached hydrogens (tertiary/aromatic N) is 2. The normalized spacial score (nSPS) is 24.1. The molecule has 1 fully saturated rings. The van der Waals surface area contributed by atoms with Crippen molar-refractivity contribution in [2.45, 2.75) is 37.1 Å². The first-order valence-electron chi connectivity index (χ1n) is 8.13. The van der Waals surface area contributed by atoms with Gasteiger partial charge in [0.25, 0.3) is 5.91 Å². The number of rotatable bonds is 3. The summed E-state index contributed by atoms with van der Waals surface area (Å²) < 4.78 is 0. The van der Waals surface area contributed by atoms with E-state index >= 15 is 0 Å². The molecule has 2 unspecified atom stereocenters. The maximum Gasteiger partial charge on any atom is 0.251 e. The fourth-order valence-corrected chi connectivity index (χ4v) is 3.61. The average molecular weight is 346 g/mol. The van der Waals surface area contributed by atoms with Gasteiger partial charge in [-0.25, -0.2) is 0 Å². The molecule has 2 atom stereocenters. The molecule has 2 aliphatic rings. The van der Waals surface area contributed by atoms with Gasteiger partial charge >= 0.3 is 0 Å². The van der Waals surface area contributed by atoms with Gasteiger partial charge < -0.3 is 10.6 Å². The van der Waals surface area contributed by atoms with E-state index < -0.39 is 11.3 Å². The van der Waals surface area contributed by atoms with E-state index in [1.54, 1.807) is 24.5 Å². The van der Waals surface area contributed by atoms with Crippen LogP contribution in [0.5, 0.6) is 0 Å². The third kappa shape index (κ3) is 3.36. The van der Waals surface area contributed by atoms with Gasteiger partial charge in [-0.05, 0) is 43.4 Å². The summed E-state index contributed by atoms with van der Waals surface area (Å²) in [5.41, 5.74) is 7.48. The molecule has 2 N–H and O–H groups in total. The number of hydrogen-bond acceptors (Lipinski definition) is 3. The molecule has 1 aliphatic heterocycles. The number of alkyl halides is 1. The van der Waals surface area contributed by atoms with Gasteiger partial charge in [-0.1, -0.05) is 12.2 Å². The zero-order chi connectivity index (χ0) is 17.1. The van der Waals surface area contributed by atoms with Crippen molar-refractivity contribution >= 4 is 23.4 Å². The number of carbonyl (C=O) groups is 2. The largest absolute Gasteiger partial charge is 0.366 e. The van der Waals surface area contributed by atoms with Crippen LogP contribution in [-0.2, 0) is 9.59 Å². The lowest BCUT2D eigenvalue weighted by Gasteiger charge is -2.27. The molecular weight excluding hydrogens is 326 g/mol. The summed E-state index contributed by atoms with van der Waals surface area (Å²) in [6.07, 6.45) is 9.69. The molecule has 0 radical (unpaired) electrons. The lowest BCUT2D eigenvalue weighted by Crippen LogP contribution is -2.34. The number of hydrogen-bond donors (Lipinski definition) is 1. The number of amides is 2. The summed E-state index contributed by atoms with van der Waals surface area (Å²) in [6, 6.07) is 3.94. The minimum atomic E-state index is -0.459. The van der Waals surface area contributed by atoms with Gasteiger partial charge in [0.15, 0.2) is 0 Å². The zero-order valence-corrected chi connectivity index (χ0v) is 14.1. The van der Waals surface area contributed by atoms with Gasteiger partial charge in [0, 0.05) is 30.1 Å². The summed E-state index contributed by atoms with van der Waals surface area (Å²) >= 11 is 6.41. The van der Waals surface area contributed by atoms with E-state index in [1.807, 2.05) is 17.0 Å². The number of likely N-dealkylation sites (tertiary alicyclic amines) is 1. The Morgan fingerprint density at radius 2 is 1.96 bits per heavy atom. The van der Waals surface area contributed by atoms with Gasteiger partial charge in [-0.15, -0.1) is 11.6 Å². The predicted molar refractivity (Wildman–Crippen MR) is 92.2 cm³/mol. The number of aromatic nitrogens is 1. The van der Waals surface area contributed by atoms with Crippen molar-refractivity contribution in [2.75, 3.05) is 6.54 Å². The van der Waals surface area contributed by atoms with Gasteiger partial charge in [0.2, 0.25) is 5.91 Å². The Labute approximate surface area is 146 Å². The second-order valence-corrected chi connectivity index (χ2v) is 6.65. The van der Waals surface area contributed by atoms with Gasteiger partial charge in [-0.3, -0.25) is 14.6 Å². The highest BCUT2D eigenvalue weighted by Crippen LogP contribution is 2.34. The predicted octanol–water partition coefficient (Wildman–Crippen LogP) is 2.48. The van der Waals surface area contributed by atoms with Gasteiger partial charge in [-0.2, -0.15) is 0 Å². The Morgan fingerprint density at radius 3 is 2.67 bits per heavy atom. The molecule has 1 saturated heterocycles. The molecule has 3 rings (SSSR count). The number of halogens is 1. The van der Waals surface area contributed by atoms with E-state index in [1.165, 1.54) is 0 Å². The molecule has 0 aromatic carbocycles. The van der Waals surface area contributed by atoms with Crippen molar-refractivity contribution in [2.24, 2.45) is 5.73 Å². The van der Waals surface area contributed by atoms with E-state index in [0.29, 0.717) is 30.5 Å². The molecule has 1 aromatic rings. The van der Waals surface area contributed by atoms with Crippen LogP contribution < -0.4 is 5.73 Å². The quantitative estimate of drug-likeness (QED) is 0.855. The average Bonchev–Trinajstić information content (AvgIpc) is 2.99. The maximum atomic E-state index is 13.0. The topological polar surface area (TPSA) is 76.3 Å². The Kier molecular flexibility index (Phi) is 5.00. The summed E-state index contributed by atoms with van der Waals surface area (Å²) in [7, 11) is 0. The van der Waals surface area contributed by atoms with Crippen LogP contribution in [0.25, 0.3) is 0 Å². The van der Waals surface area contributed by atoms with Gasteiger partial charge in [0.1, 0.15) is 0 Å². The molecule has 2 heterocycles. The van der Waals surface area contributed by atoms with Crippen LogP contribution in [0.4, 0.5) is 0 Å². The number of allylic oxidation sites excluding steroid dienone is 2. The summed E-state index contributed by atoms with van der Waals surface area (Å²) in [4.78, 5) is 30.3. The Hall–Kier alpha value is -2.14. The first kappa shape index (κ1) is 16.7. The molecule has 0 bridgehead atoms. The highest BCUT2D eigenvalue weighted by Gasteiger charge is 2.33. The van der Waals surface area contributed by atoms with Crippen LogP contribution in [0, 0.1) is 0 Å². The maximum absolute atomic E-state index is 13.0.